The molecule has 138 valence electrons. The number of methoxy groups -OCH3 is 1. The lowest BCUT2D eigenvalue weighted by molar-refractivity contribution is -0.121. The number of benzene rings is 2. The van der Waals surface area contributed by atoms with Crippen LogP contribution in [0.25, 0.3) is 0 Å². The van der Waals surface area contributed by atoms with Crippen molar-refractivity contribution in [2.24, 2.45) is 0 Å². The number of ether oxygens (including phenoxy) is 2. The van der Waals surface area contributed by atoms with Gasteiger partial charge in [0.2, 0.25) is 5.91 Å². The molecule has 2 aromatic rings. The second kappa shape index (κ2) is 7.81. The zero-order valence-corrected chi connectivity index (χ0v) is 15.7. The van der Waals surface area contributed by atoms with Gasteiger partial charge in [0.1, 0.15) is 17.1 Å². The average molecular weight is 353 g/mol. The molecule has 0 saturated carbocycles. The standard InChI is InChI=1S/C22H27NO3/c1-4-22(5-2)15-19(18-8-6-7-9-20(18)26-22)23-21(24)14-16-10-12-17(25-3)13-11-16/h6-13,19H,4-5,14-15H2,1-3H3,(H,23,24)/t19-/m1/s1. The van der Waals surface area contributed by atoms with E-state index in [1.165, 1.54) is 0 Å². The van der Waals surface area contributed by atoms with Crippen LogP contribution in [-0.2, 0) is 11.2 Å². The first-order chi connectivity index (χ1) is 12.6. The average Bonchev–Trinajstić information content (AvgIpc) is 2.68. The van der Waals surface area contributed by atoms with Crippen LogP contribution in [0.4, 0.5) is 0 Å². The molecular weight excluding hydrogens is 326 g/mol. The summed E-state index contributed by atoms with van der Waals surface area (Å²) in [5.41, 5.74) is 1.82. The molecule has 1 amide bonds. The highest BCUT2D eigenvalue weighted by Crippen LogP contribution is 2.42. The summed E-state index contributed by atoms with van der Waals surface area (Å²) in [6.45, 7) is 4.29. The lowest BCUT2D eigenvalue weighted by atomic mass is 9.83. The molecule has 4 nitrogen and oxygen atoms in total. The number of hydrogen-bond acceptors (Lipinski definition) is 3. The number of rotatable bonds is 6. The Morgan fingerprint density at radius 2 is 1.85 bits per heavy atom. The van der Waals surface area contributed by atoms with Crippen LogP contribution >= 0.6 is 0 Å². The molecule has 1 aliphatic rings. The Kier molecular flexibility index (Phi) is 5.50. The van der Waals surface area contributed by atoms with Crippen LogP contribution < -0.4 is 14.8 Å². The summed E-state index contributed by atoms with van der Waals surface area (Å²) in [6.07, 6.45) is 2.99. The van der Waals surface area contributed by atoms with Crippen LogP contribution in [0.15, 0.2) is 48.5 Å². The Labute approximate surface area is 155 Å². The lowest BCUT2D eigenvalue weighted by Gasteiger charge is -2.41. The minimum atomic E-state index is -0.216. The van der Waals surface area contributed by atoms with E-state index in [0.29, 0.717) is 6.42 Å². The summed E-state index contributed by atoms with van der Waals surface area (Å²) in [5.74, 6) is 1.71. The Hall–Kier alpha value is -2.49. The number of para-hydroxylation sites is 1. The largest absolute Gasteiger partial charge is 0.497 e. The molecule has 4 heteroatoms. The Balaban J connectivity index is 1.75. The van der Waals surface area contributed by atoms with Crippen molar-refractivity contribution in [1.29, 1.82) is 0 Å². The summed E-state index contributed by atoms with van der Waals surface area (Å²) >= 11 is 0. The summed E-state index contributed by atoms with van der Waals surface area (Å²) < 4.78 is 11.5. The molecule has 1 N–H and O–H groups in total. The van der Waals surface area contributed by atoms with E-state index in [2.05, 4.69) is 19.2 Å². The highest BCUT2D eigenvalue weighted by atomic mass is 16.5. The molecule has 0 fully saturated rings. The van der Waals surface area contributed by atoms with Gasteiger partial charge >= 0.3 is 0 Å². The van der Waals surface area contributed by atoms with Crippen LogP contribution in [-0.4, -0.2) is 18.6 Å². The molecule has 0 bridgehead atoms. The number of carbonyl (C=O) groups is 1. The molecule has 26 heavy (non-hydrogen) atoms. The van der Waals surface area contributed by atoms with Gasteiger partial charge in [0.05, 0.1) is 19.6 Å². The molecule has 0 aliphatic carbocycles. The smallest absolute Gasteiger partial charge is 0.224 e. The molecular formula is C22H27NO3. The molecule has 2 aromatic carbocycles. The maximum absolute atomic E-state index is 12.6. The fourth-order valence-corrected chi connectivity index (χ4v) is 3.60. The van der Waals surface area contributed by atoms with Crippen molar-refractivity contribution in [3.63, 3.8) is 0 Å². The fraction of sp³-hybridized carbons (Fsp3) is 0.409. The first-order valence-corrected chi connectivity index (χ1v) is 9.29. The van der Waals surface area contributed by atoms with Gasteiger partial charge in [-0.05, 0) is 36.6 Å². The predicted octanol–water partition coefficient (Wildman–Crippen LogP) is 4.44. The monoisotopic (exact) mass is 353 g/mol. The van der Waals surface area contributed by atoms with Crippen LogP contribution in [0.3, 0.4) is 0 Å². The molecule has 0 spiro atoms. The van der Waals surface area contributed by atoms with E-state index < -0.39 is 0 Å². The second-order valence-corrected chi connectivity index (χ2v) is 6.88. The van der Waals surface area contributed by atoms with Gasteiger partial charge in [-0.25, -0.2) is 0 Å². The zero-order chi connectivity index (χ0) is 18.6. The van der Waals surface area contributed by atoms with Gasteiger partial charge in [-0.15, -0.1) is 0 Å². The molecule has 1 heterocycles. The third-order valence-corrected chi connectivity index (χ3v) is 5.34. The minimum Gasteiger partial charge on any atom is -0.497 e. The molecule has 1 atom stereocenters. The van der Waals surface area contributed by atoms with E-state index in [-0.39, 0.29) is 17.6 Å². The molecule has 1 aliphatic heterocycles. The third kappa shape index (κ3) is 3.85. The maximum atomic E-state index is 12.6. The van der Waals surface area contributed by atoms with Gasteiger partial charge in [-0.2, -0.15) is 0 Å². The second-order valence-electron chi connectivity index (χ2n) is 6.88. The van der Waals surface area contributed by atoms with Crippen molar-refractivity contribution in [2.75, 3.05) is 7.11 Å². The molecule has 0 unspecified atom stereocenters. The number of hydrogen-bond donors (Lipinski definition) is 1. The SMILES string of the molecule is CCC1(CC)C[C@@H](NC(=O)Cc2ccc(OC)cc2)c2ccccc2O1. The van der Waals surface area contributed by atoms with Crippen molar-refractivity contribution in [1.82, 2.24) is 5.32 Å². The van der Waals surface area contributed by atoms with Gasteiger partial charge in [0.15, 0.2) is 0 Å². The summed E-state index contributed by atoms with van der Waals surface area (Å²) in [5, 5.41) is 3.23. The van der Waals surface area contributed by atoms with Crippen molar-refractivity contribution in [3.8, 4) is 11.5 Å². The number of fused-ring (bicyclic) bond motifs is 1. The van der Waals surface area contributed by atoms with Crippen molar-refractivity contribution in [3.05, 3.63) is 59.7 Å². The van der Waals surface area contributed by atoms with Gasteiger partial charge in [0.25, 0.3) is 0 Å². The van der Waals surface area contributed by atoms with Crippen molar-refractivity contribution >= 4 is 5.91 Å². The summed E-state index contributed by atoms with van der Waals surface area (Å²) in [4.78, 5) is 12.6. The number of amides is 1. The number of carbonyl (C=O) groups excluding carboxylic acids is 1. The van der Waals surface area contributed by atoms with Crippen molar-refractivity contribution < 1.29 is 14.3 Å². The summed E-state index contributed by atoms with van der Waals surface area (Å²) in [7, 11) is 1.64. The highest BCUT2D eigenvalue weighted by molar-refractivity contribution is 5.79. The third-order valence-electron chi connectivity index (χ3n) is 5.34. The quantitative estimate of drug-likeness (QED) is 0.835. The highest BCUT2D eigenvalue weighted by Gasteiger charge is 2.38. The Bertz CT molecular complexity index is 750. The Morgan fingerprint density at radius 1 is 1.15 bits per heavy atom. The van der Waals surface area contributed by atoms with Crippen LogP contribution in [0.2, 0.25) is 0 Å². The van der Waals surface area contributed by atoms with Gasteiger partial charge in [-0.3, -0.25) is 4.79 Å². The van der Waals surface area contributed by atoms with Gasteiger partial charge in [-0.1, -0.05) is 44.2 Å². The number of nitrogens with one attached hydrogen (secondary N) is 1. The lowest BCUT2D eigenvalue weighted by Crippen LogP contribution is -2.44. The van der Waals surface area contributed by atoms with Crippen LogP contribution in [0.1, 0.15) is 50.3 Å². The fourth-order valence-electron chi connectivity index (χ4n) is 3.60. The summed E-state index contributed by atoms with van der Waals surface area (Å²) in [6, 6.07) is 15.6. The van der Waals surface area contributed by atoms with Crippen LogP contribution in [0, 0.1) is 0 Å². The first-order valence-electron chi connectivity index (χ1n) is 9.29. The zero-order valence-electron chi connectivity index (χ0n) is 15.7. The van der Waals surface area contributed by atoms with Crippen LogP contribution in [0.5, 0.6) is 11.5 Å². The predicted molar refractivity (Wildman–Crippen MR) is 103 cm³/mol. The van der Waals surface area contributed by atoms with E-state index in [9.17, 15) is 4.79 Å². The molecule has 0 aromatic heterocycles. The van der Waals surface area contributed by atoms with E-state index in [1.54, 1.807) is 7.11 Å². The van der Waals surface area contributed by atoms with E-state index in [0.717, 1.165) is 41.9 Å². The molecule has 3 rings (SSSR count). The first kappa shape index (κ1) is 18.3. The molecule has 0 saturated heterocycles. The van der Waals surface area contributed by atoms with E-state index in [1.807, 2.05) is 48.5 Å². The topological polar surface area (TPSA) is 47.6 Å². The molecule has 0 radical (unpaired) electrons. The van der Waals surface area contributed by atoms with E-state index >= 15 is 0 Å². The van der Waals surface area contributed by atoms with Gasteiger partial charge < -0.3 is 14.8 Å². The normalized spacial score (nSPS) is 17.7. The van der Waals surface area contributed by atoms with Crippen molar-refractivity contribution in [2.45, 2.75) is 51.2 Å². The minimum absolute atomic E-state index is 0.0226. The Morgan fingerprint density at radius 3 is 2.50 bits per heavy atom. The van der Waals surface area contributed by atoms with E-state index in [4.69, 9.17) is 9.47 Å². The maximum Gasteiger partial charge on any atom is 0.224 e. The van der Waals surface area contributed by atoms with Gasteiger partial charge in [0, 0.05) is 12.0 Å².